The van der Waals surface area contributed by atoms with Gasteiger partial charge in [-0.25, -0.2) is 9.37 Å². The highest BCUT2D eigenvalue weighted by Crippen LogP contribution is 2.29. The summed E-state index contributed by atoms with van der Waals surface area (Å²) in [6, 6.07) is 19.8. The van der Waals surface area contributed by atoms with E-state index in [-0.39, 0.29) is 17.0 Å². The summed E-state index contributed by atoms with van der Waals surface area (Å²) < 4.78 is 21.8. The Hall–Kier alpha value is -4.00. The maximum Gasteiger partial charge on any atom is 0.266 e. The minimum absolute atomic E-state index is 0.00245. The van der Waals surface area contributed by atoms with Gasteiger partial charge in [-0.05, 0) is 67.8 Å². The topological polar surface area (TPSA) is 64.4 Å². The van der Waals surface area contributed by atoms with Crippen molar-refractivity contribution < 1.29 is 13.9 Å². The van der Waals surface area contributed by atoms with Crippen molar-refractivity contribution in [1.29, 1.82) is 0 Å². The summed E-state index contributed by atoms with van der Waals surface area (Å²) in [5.74, 6) is 0.222. The van der Waals surface area contributed by atoms with E-state index in [0.717, 1.165) is 0 Å². The molecule has 1 unspecified atom stereocenters. The Labute approximate surface area is 216 Å². The van der Waals surface area contributed by atoms with Crippen LogP contribution in [-0.2, 0) is 0 Å². The second kappa shape index (κ2) is 11.4. The number of hydrogen-bond donors (Lipinski definition) is 0. The molecular formula is C30H32FN3O3. The highest BCUT2D eigenvalue weighted by atomic mass is 19.1. The van der Waals surface area contributed by atoms with Gasteiger partial charge in [-0.2, -0.15) is 0 Å². The third-order valence-corrected chi connectivity index (χ3v) is 6.20. The average molecular weight is 502 g/mol. The number of amides is 1. The number of para-hydroxylation sites is 1. The molecule has 0 aliphatic rings. The molecule has 192 valence electrons. The van der Waals surface area contributed by atoms with Crippen molar-refractivity contribution in [3.05, 3.63) is 100 Å². The van der Waals surface area contributed by atoms with Crippen LogP contribution in [0, 0.1) is 11.7 Å². The van der Waals surface area contributed by atoms with Crippen molar-refractivity contribution in [3.63, 3.8) is 0 Å². The first-order valence-corrected chi connectivity index (χ1v) is 12.7. The van der Waals surface area contributed by atoms with Crippen molar-refractivity contribution in [1.82, 2.24) is 14.5 Å². The molecule has 0 saturated carbocycles. The predicted octanol–water partition coefficient (Wildman–Crippen LogP) is 6.17. The van der Waals surface area contributed by atoms with E-state index in [1.54, 1.807) is 39.8 Å². The van der Waals surface area contributed by atoms with Crippen LogP contribution in [0.1, 0.15) is 56.3 Å². The van der Waals surface area contributed by atoms with Crippen LogP contribution in [0.15, 0.2) is 77.6 Å². The van der Waals surface area contributed by atoms with E-state index in [2.05, 4.69) is 0 Å². The number of aromatic nitrogens is 2. The second-order valence-electron chi connectivity index (χ2n) is 9.31. The molecule has 1 atom stereocenters. The van der Waals surface area contributed by atoms with Gasteiger partial charge in [0.2, 0.25) is 0 Å². The molecule has 0 aliphatic carbocycles. The molecule has 7 heteroatoms. The van der Waals surface area contributed by atoms with E-state index in [9.17, 15) is 14.0 Å². The monoisotopic (exact) mass is 501 g/mol. The number of carbonyl (C=O) groups is 1. The first-order chi connectivity index (χ1) is 17.8. The number of hydrogen-bond acceptors (Lipinski definition) is 4. The fourth-order valence-electron chi connectivity index (χ4n) is 4.56. The van der Waals surface area contributed by atoms with Gasteiger partial charge in [0, 0.05) is 6.54 Å². The van der Waals surface area contributed by atoms with E-state index in [1.165, 1.54) is 12.1 Å². The molecule has 0 fully saturated rings. The Morgan fingerprint density at radius 3 is 2.32 bits per heavy atom. The van der Waals surface area contributed by atoms with Gasteiger partial charge in [0.25, 0.3) is 11.5 Å². The molecular weight excluding hydrogens is 469 g/mol. The van der Waals surface area contributed by atoms with E-state index >= 15 is 0 Å². The highest BCUT2D eigenvalue weighted by Gasteiger charge is 2.31. The van der Waals surface area contributed by atoms with Crippen molar-refractivity contribution in [2.45, 2.75) is 40.2 Å². The molecule has 0 spiro atoms. The molecule has 1 heterocycles. The third-order valence-electron chi connectivity index (χ3n) is 6.20. The zero-order valence-corrected chi connectivity index (χ0v) is 21.6. The third kappa shape index (κ3) is 5.40. The van der Waals surface area contributed by atoms with Crippen LogP contribution in [0.2, 0.25) is 0 Å². The number of halogens is 1. The quantitative estimate of drug-likeness (QED) is 0.275. The van der Waals surface area contributed by atoms with E-state index in [0.29, 0.717) is 47.7 Å². The van der Waals surface area contributed by atoms with Gasteiger partial charge in [0.1, 0.15) is 17.4 Å². The molecule has 0 aliphatic heterocycles. The highest BCUT2D eigenvalue weighted by molar-refractivity contribution is 5.94. The van der Waals surface area contributed by atoms with Crippen LogP contribution in [0.5, 0.6) is 5.75 Å². The summed E-state index contributed by atoms with van der Waals surface area (Å²) in [6.45, 7) is 8.76. The summed E-state index contributed by atoms with van der Waals surface area (Å²) in [4.78, 5) is 34.1. The van der Waals surface area contributed by atoms with Crippen LogP contribution in [0.25, 0.3) is 16.6 Å². The minimum Gasteiger partial charge on any atom is -0.494 e. The van der Waals surface area contributed by atoms with Crippen LogP contribution in [-0.4, -0.2) is 33.5 Å². The summed E-state index contributed by atoms with van der Waals surface area (Å²) >= 11 is 0. The van der Waals surface area contributed by atoms with Crippen LogP contribution in [0.3, 0.4) is 0 Å². The van der Waals surface area contributed by atoms with Crippen LogP contribution in [0.4, 0.5) is 4.39 Å². The molecule has 1 aromatic heterocycles. The van der Waals surface area contributed by atoms with Gasteiger partial charge in [-0.15, -0.1) is 0 Å². The fraction of sp³-hybridized carbons (Fsp3) is 0.300. The summed E-state index contributed by atoms with van der Waals surface area (Å²) in [7, 11) is 0. The SMILES string of the molecule is CCOc1ccc(-n2c(C(CC)N(CC(C)C)C(=O)c3ccccc3F)nc3ccccc3c2=O)cc1. The number of benzene rings is 3. The van der Waals surface area contributed by atoms with Crippen molar-refractivity contribution >= 4 is 16.8 Å². The zero-order chi connectivity index (χ0) is 26.5. The van der Waals surface area contributed by atoms with Crippen molar-refractivity contribution in [2.75, 3.05) is 13.2 Å². The second-order valence-corrected chi connectivity index (χ2v) is 9.31. The molecule has 0 radical (unpaired) electrons. The minimum atomic E-state index is -0.577. The molecule has 0 N–H and O–H groups in total. The average Bonchev–Trinajstić information content (AvgIpc) is 2.89. The lowest BCUT2D eigenvalue weighted by atomic mass is 10.0. The molecule has 3 aromatic carbocycles. The Kier molecular flexibility index (Phi) is 8.01. The van der Waals surface area contributed by atoms with Gasteiger partial charge in [-0.3, -0.25) is 14.2 Å². The lowest BCUT2D eigenvalue weighted by molar-refractivity contribution is 0.0626. The summed E-state index contributed by atoms with van der Waals surface area (Å²) in [6.07, 6.45) is 0.481. The van der Waals surface area contributed by atoms with Gasteiger partial charge < -0.3 is 9.64 Å². The number of nitrogens with zero attached hydrogens (tertiary/aromatic N) is 3. The number of fused-ring (bicyclic) bond motifs is 1. The number of ether oxygens (including phenoxy) is 1. The zero-order valence-electron chi connectivity index (χ0n) is 21.6. The lowest BCUT2D eigenvalue weighted by Gasteiger charge is -2.33. The van der Waals surface area contributed by atoms with Gasteiger partial charge in [0.05, 0.1) is 34.8 Å². The maximum atomic E-state index is 14.7. The Bertz CT molecular complexity index is 1450. The smallest absolute Gasteiger partial charge is 0.266 e. The number of carbonyl (C=O) groups excluding carboxylic acids is 1. The Morgan fingerprint density at radius 1 is 1.00 bits per heavy atom. The molecule has 1 amide bonds. The summed E-state index contributed by atoms with van der Waals surface area (Å²) in [5.41, 5.74) is 0.928. The van der Waals surface area contributed by atoms with E-state index in [1.807, 2.05) is 58.0 Å². The van der Waals surface area contributed by atoms with Gasteiger partial charge in [0.15, 0.2) is 0 Å². The van der Waals surface area contributed by atoms with Crippen LogP contribution >= 0.6 is 0 Å². The van der Waals surface area contributed by atoms with Crippen LogP contribution < -0.4 is 10.3 Å². The summed E-state index contributed by atoms with van der Waals surface area (Å²) in [5, 5.41) is 0.478. The Balaban J connectivity index is 1.94. The fourth-order valence-corrected chi connectivity index (χ4v) is 4.56. The molecule has 4 rings (SSSR count). The Morgan fingerprint density at radius 2 is 1.68 bits per heavy atom. The first kappa shape index (κ1) is 26.1. The molecule has 0 bridgehead atoms. The molecule has 37 heavy (non-hydrogen) atoms. The maximum absolute atomic E-state index is 14.7. The normalized spacial score (nSPS) is 12.1. The van der Waals surface area contributed by atoms with Crippen molar-refractivity contribution in [3.8, 4) is 11.4 Å². The lowest BCUT2D eigenvalue weighted by Crippen LogP contribution is -2.40. The standard InChI is InChI=1S/C30H32FN3O3/c1-5-27(33(19-20(3)4)29(35)23-11-7-9-13-25(23)31)28-32-26-14-10-8-12-24(26)30(36)34(28)21-15-17-22(18-16-21)37-6-2/h7-18,20,27H,5-6,19H2,1-4H3. The largest absolute Gasteiger partial charge is 0.494 e. The molecule has 6 nitrogen and oxygen atoms in total. The van der Waals surface area contributed by atoms with E-state index in [4.69, 9.17) is 9.72 Å². The molecule has 0 saturated heterocycles. The first-order valence-electron chi connectivity index (χ1n) is 12.7. The van der Waals surface area contributed by atoms with Gasteiger partial charge >= 0.3 is 0 Å². The predicted molar refractivity (Wildman–Crippen MR) is 144 cm³/mol. The molecule has 4 aromatic rings. The van der Waals surface area contributed by atoms with E-state index < -0.39 is 17.8 Å². The number of rotatable bonds is 9. The van der Waals surface area contributed by atoms with Crippen molar-refractivity contribution in [2.24, 2.45) is 5.92 Å². The van der Waals surface area contributed by atoms with Gasteiger partial charge in [-0.1, -0.05) is 45.0 Å².